The molecular formula is C14H19ClN2O4. The van der Waals surface area contributed by atoms with Crippen molar-refractivity contribution in [1.82, 2.24) is 5.32 Å². The molecule has 0 spiro atoms. The maximum Gasteiger partial charge on any atom is 0.339 e. The van der Waals surface area contributed by atoms with Crippen LogP contribution >= 0.6 is 11.6 Å². The van der Waals surface area contributed by atoms with Crippen LogP contribution < -0.4 is 15.4 Å². The Morgan fingerprint density at radius 1 is 1.33 bits per heavy atom. The zero-order valence-electron chi connectivity index (χ0n) is 12.0. The molecule has 1 rings (SSSR count). The van der Waals surface area contributed by atoms with Crippen LogP contribution in [0.1, 0.15) is 36.5 Å². The number of carbonyl (C=O) groups excluding carboxylic acids is 1. The minimum atomic E-state index is -1.15. The number of hydrogen-bond acceptors (Lipinski definition) is 3. The second kappa shape index (κ2) is 8.36. The molecule has 1 aromatic rings. The molecule has 21 heavy (non-hydrogen) atoms. The monoisotopic (exact) mass is 314 g/mol. The predicted octanol–water partition coefficient (Wildman–Crippen LogP) is 3.36. The molecule has 0 radical (unpaired) electrons. The standard InChI is InChI=1S/C14H19ClN2O4/c1-3-4-5-6-16-14(20)17-11-8-12(21-2)9(13(18)19)7-10(11)15/h7-8H,3-6H2,1-2H3,(H,18,19)(H2,16,17,20). The van der Waals surface area contributed by atoms with Crippen LogP contribution in [0.4, 0.5) is 10.5 Å². The van der Waals surface area contributed by atoms with Crippen LogP contribution in [0.15, 0.2) is 12.1 Å². The number of carboxylic acids is 1. The van der Waals surface area contributed by atoms with Crippen molar-refractivity contribution in [2.45, 2.75) is 26.2 Å². The van der Waals surface area contributed by atoms with Gasteiger partial charge in [0.15, 0.2) is 0 Å². The lowest BCUT2D eigenvalue weighted by Crippen LogP contribution is -2.29. The Morgan fingerprint density at radius 3 is 2.62 bits per heavy atom. The number of aromatic carboxylic acids is 1. The summed E-state index contributed by atoms with van der Waals surface area (Å²) in [5.41, 5.74) is 0.239. The van der Waals surface area contributed by atoms with E-state index in [1.165, 1.54) is 19.2 Å². The van der Waals surface area contributed by atoms with Gasteiger partial charge in [-0.05, 0) is 12.5 Å². The molecule has 0 unspecified atom stereocenters. The lowest BCUT2D eigenvalue weighted by molar-refractivity contribution is 0.0693. The molecule has 0 saturated carbocycles. The van der Waals surface area contributed by atoms with Gasteiger partial charge in [-0.25, -0.2) is 9.59 Å². The summed E-state index contributed by atoms with van der Waals surface area (Å²) >= 11 is 5.97. The maximum absolute atomic E-state index is 11.7. The average Bonchev–Trinajstić information content (AvgIpc) is 2.45. The second-order valence-corrected chi connectivity index (χ2v) is 4.83. The van der Waals surface area contributed by atoms with Gasteiger partial charge >= 0.3 is 12.0 Å². The number of carboxylic acid groups (broad SMARTS) is 1. The largest absolute Gasteiger partial charge is 0.496 e. The van der Waals surface area contributed by atoms with Crippen LogP contribution in [0.2, 0.25) is 5.02 Å². The van der Waals surface area contributed by atoms with Gasteiger partial charge in [-0.3, -0.25) is 0 Å². The Balaban J connectivity index is 2.75. The summed E-state index contributed by atoms with van der Waals surface area (Å²) in [4.78, 5) is 22.7. The van der Waals surface area contributed by atoms with Crippen molar-refractivity contribution < 1.29 is 19.4 Å². The minimum Gasteiger partial charge on any atom is -0.496 e. The van der Waals surface area contributed by atoms with E-state index in [2.05, 4.69) is 17.6 Å². The van der Waals surface area contributed by atoms with Gasteiger partial charge in [0.05, 0.1) is 17.8 Å². The molecule has 0 aromatic heterocycles. The molecule has 0 bridgehead atoms. The van der Waals surface area contributed by atoms with Crippen LogP contribution in [0.25, 0.3) is 0 Å². The number of nitrogens with one attached hydrogen (secondary N) is 2. The van der Waals surface area contributed by atoms with E-state index in [4.69, 9.17) is 21.4 Å². The highest BCUT2D eigenvalue weighted by molar-refractivity contribution is 6.34. The first-order valence-corrected chi connectivity index (χ1v) is 7.03. The van der Waals surface area contributed by atoms with Crippen molar-refractivity contribution in [2.24, 2.45) is 0 Å². The molecule has 3 N–H and O–H groups in total. The number of methoxy groups -OCH3 is 1. The average molecular weight is 315 g/mol. The van der Waals surface area contributed by atoms with E-state index in [0.29, 0.717) is 12.2 Å². The molecule has 0 aliphatic heterocycles. The van der Waals surface area contributed by atoms with Crippen LogP contribution in [0, 0.1) is 0 Å². The first-order valence-electron chi connectivity index (χ1n) is 6.65. The molecule has 0 fully saturated rings. The summed E-state index contributed by atoms with van der Waals surface area (Å²) < 4.78 is 4.99. The molecular weight excluding hydrogens is 296 g/mol. The summed E-state index contributed by atoms with van der Waals surface area (Å²) in [7, 11) is 1.35. The van der Waals surface area contributed by atoms with Gasteiger partial charge in [0.25, 0.3) is 0 Å². The van der Waals surface area contributed by atoms with Crippen LogP contribution in [0.5, 0.6) is 5.75 Å². The number of carbonyl (C=O) groups is 2. The van der Waals surface area contributed by atoms with Crippen LogP contribution in [-0.2, 0) is 0 Å². The van der Waals surface area contributed by atoms with Crippen molar-refractivity contribution in [3.05, 3.63) is 22.7 Å². The summed E-state index contributed by atoms with van der Waals surface area (Å²) in [6, 6.07) is 2.24. The molecule has 116 valence electrons. The minimum absolute atomic E-state index is 0.0589. The molecule has 0 aliphatic carbocycles. The van der Waals surface area contributed by atoms with Gasteiger partial charge in [0, 0.05) is 12.6 Å². The van der Waals surface area contributed by atoms with Crippen molar-refractivity contribution in [2.75, 3.05) is 19.0 Å². The van der Waals surface area contributed by atoms with Gasteiger partial charge in [-0.2, -0.15) is 0 Å². The Bertz CT molecular complexity index is 520. The summed E-state index contributed by atoms with van der Waals surface area (Å²) in [5, 5.41) is 14.4. The molecule has 2 amide bonds. The summed E-state index contributed by atoms with van der Waals surface area (Å²) in [6.45, 7) is 2.65. The van der Waals surface area contributed by atoms with Gasteiger partial charge in [0.2, 0.25) is 0 Å². The van der Waals surface area contributed by atoms with E-state index in [1.54, 1.807) is 0 Å². The van der Waals surface area contributed by atoms with Gasteiger partial charge < -0.3 is 20.5 Å². The number of hydrogen-bond donors (Lipinski definition) is 3. The van der Waals surface area contributed by atoms with Crippen molar-refractivity contribution in [3.8, 4) is 5.75 Å². The Labute approximate surface area is 128 Å². The first-order chi connectivity index (χ1) is 9.99. The summed E-state index contributed by atoms with van der Waals surface area (Å²) in [5.74, 6) is -1.02. The number of amides is 2. The van der Waals surface area contributed by atoms with Crippen molar-refractivity contribution in [1.29, 1.82) is 0 Å². The zero-order chi connectivity index (χ0) is 15.8. The van der Waals surface area contributed by atoms with E-state index in [-0.39, 0.29) is 16.3 Å². The lowest BCUT2D eigenvalue weighted by atomic mass is 10.2. The number of ether oxygens (including phenoxy) is 1. The molecule has 6 nitrogen and oxygen atoms in total. The molecule has 1 aromatic carbocycles. The Kier molecular flexibility index (Phi) is 6.81. The fourth-order valence-corrected chi connectivity index (χ4v) is 1.94. The number of unbranched alkanes of at least 4 members (excludes halogenated alkanes) is 2. The maximum atomic E-state index is 11.7. The van der Waals surface area contributed by atoms with E-state index in [0.717, 1.165) is 19.3 Å². The number of anilines is 1. The van der Waals surface area contributed by atoms with E-state index in [9.17, 15) is 9.59 Å². The van der Waals surface area contributed by atoms with Crippen molar-refractivity contribution in [3.63, 3.8) is 0 Å². The first kappa shape index (κ1) is 17.1. The SMILES string of the molecule is CCCCCNC(=O)Nc1cc(OC)c(C(=O)O)cc1Cl. The lowest BCUT2D eigenvalue weighted by Gasteiger charge is -2.12. The third-order valence-electron chi connectivity index (χ3n) is 2.83. The second-order valence-electron chi connectivity index (χ2n) is 4.43. The molecule has 0 heterocycles. The fourth-order valence-electron chi connectivity index (χ4n) is 1.73. The fraction of sp³-hybridized carbons (Fsp3) is 0.429. The highest BCUT2D eigenvalue weighted by Gasteiger charge is 2.16. The van der Waals surface area contributed by atoms with E-state index >= 15 is 0 Å². The quantitative estimate of drug-likeness (QED) is 0.673. The van der Waals surface area contributed by atoms with E-state index in [1.807, 2.05) is 0 Å². The van der Waals surface area contributed by atoms with Gasteiger partial charge in [-0.15, -0.1) is 0 Å². The Hall–Kier alpha value is -1.95. The third kappa shape index (κ3) is 5.15. The molecule has 0 aliphatic rings. The topological polar surface area (TPSA) is 87.7 Å². The normalized spacial score (nSPS) is 10.0. The van der Waals surface area contributed by atoms with Crippen molar-refractivity contribution >= 4 is 29.3 Å². The number of rotatable bonds is 7. The third-order valence-corrected chi connectivity index (χ3v) is 3.15. The van der Waals surface area contributed by atoms with Crippen LogP contribution in [0.3, 0.4) is 0 Å². The van der Waals surface area contributed by atoms with Gasteiger partial charge in [-0.1, -0.05) is 31.4 Å². The Morgan fingerprint density at radius 2 is 2.05 bits per heavy atom. The zero-order valence-corrected chi connectivity index (χ0v) is 12.8. The number of halogens is 1. The molecule has 0 saturated heterocycles. The smallest absolute Gasteiger partial charge is 0.339 e. The van der Waals surface area contributed by atoms with E-state index < -0.39 is 12.0 Å². The molecule has 0 atom stereocenters. The number of benzene rings is 1. The van der Waals surface area contributed by atoms with Gasteiger partial charge in [0.1, 0.15) is 11.3 Å². The predicted molar refractivity (Wildman–Crippen MR) is 81.5 cm³/mol. The van der Waals surface area contributed by atoms with Crippen LogP contribution in [-0.4, -0.2) is 30.8 Å². The molecule has 7 heteroatoms. The number of urea groups is 1. The highest BCUT2D eigenvalue weighted by Crippen LogP contribution is 2.30. The highest BCUT2D eigenvalue weighted by atomic mass is 35.5. The summed E-state index contributed by atoms with van der Waals surface area (Å²) in [6.07, 6.45) is 3.02.